The quantitative estimate of drug-likeness (QED) is 0.800. The van der Waals surface area contributed by atoms with E-state index in [1.165, 1.54) is 0 Å². The Bertz CT molecular complexity index is 449. The number of alkyl halides is 1. The summed E-state index contributed by atoms with van der Waals surface area (Å²) in [6, 6.07) is 6.08. The number of aromatic nitrogens is 2. The van der Waals surface area contributed by atoms with E-state index in [-0.39, 0.29) is 12.4 Å². The summed E-state index contributed by atoms with van der Waals surface area (Å²) in [5, 5.41) is 0. The van der Waals surface area contributed by atoms with Gasteiger partial charge in [-0.1, -0.05) is 19.9 Å². The van der Waals surface area contributed by atoms with Crippen LogP contribution in [0.5, 0.6) is 0 Å². The molecule has 2 aromatic rings. The standard InChI is InChI=1S/C11H13ClN2.ClH/c1-7(2)11-13-9-4-3-8(6-12)5-10(9)14-11;/h3-5,7H,6H2,1-2H3,(H,13,14);1H. The van der Waals surface area contributed by atoms with E-state index in [2.05, 4.69) is 29.9 Å². The monoisotopic (exact) mass is 244 g/mol. The van der Waals surface area contributed by atoms with E-state index in [9.17, 15) is 0 Å². The number of rotatable bonds is 2. The molecule has 0 atom stereocenters. The van der Waals surface area contributed by atoms with Gasteiger partial charge in [0.15, 0.2) is 0 Å². The van der Waals surface area contributed by atoms with Gasteiger partial charge in [0.05, 0.1) is 11.0 Å². The molecule has 0 spiro atoms. The van der Waals surface area contributed by atoms with Crippen molar-refractivity contribution in [1.29, 1.82) is 0 Å². The highest BCUT2D eigenvalue weighted by molar-refractivity contribution is 6.17. The molecule has 0 unspecified atom stereocenters. The molecule has 0 aliphatic heterocycles. The van der Waals surface area contributed by atoms with Crippen LogP contribution in [0, 0.1) is 0 Å². The van der Waals surface area contributed by atoms with Crippen LogP contribution < -0.4 is 0 Å². The second-order valence-corrected chi connectivity index (χ2v) is 4.03. The summed E-state index contributed by atoms with van der Waals surface area (Å²) in [7, 11) is 0. The van der Waals surface area contributed by atoms with Crippen molar-refractivity contribution in [1.82, 2.24) is 9.97 Å². The van der Waals surface area contributed by atoms with E-state index in [1.807, 2.05) is 12.1 Å². The molecule has 0 saturated carbocycles. The van der Waals surface area contributed by atoms with Gasteiger partial charge in [-0.3, -0.25) is 0 Å². The number of hydrogen-bond acceptors (Lipinski definition) is 1. The molecule has 0 radical (unpaired) electrons. The number of halogens is 2. The van der Waals surface area contributed by atoms with Crippen molar-refractivity contribution in [3.05, 3.63) is 29.6 Å². The lowest BCUT2D eigenvalue weighted by atomic mass is 10.2. The average molecular weight is 245 g/mol. The molecule has 0 aliphatic rings. The molecule has 4 heteroatoms. The fraction of sp³-hybridized carbons (Fsp3) is 0.364. The maximum Gasteiger partial charge on any atom is 0.109 e. The van der Waals surface area contributed by atoms with Crippen LogP contribution in [-0.4, -0.2) is 9.97 Å². The molecule has 1 heterocycles. The molecule has 15 heavy (non-hydrogen) atoms. The predicted octanol–water partition coefficient (Wildman–Crippen LogP) is 3.85. The van der Waals surface area contributed by atoms with E-state index in [4.69, 9.17) is 11.6 Å². The Balaban J connectivity index is 0.00000112. The molecular formula is C11H14Cl2N2. The average Bonchev–Trinajstić information content (AvgIpc) is 2.59. The zero-order valence-electron chi connectivity index (χ0n) is 8.75. The van der Waals surface area contributed by atoms with Crippen molar-refractivity contribution in [2.75, 3.05) is 0 Å². The predicted molar refractivity (Wildman–Crippen MR) is 67.0 cm³/mol. The first-order chi connectivity index (χ1) is 6.70. The van der Waals surface area contributed by atoms with E-state index in [0.717, 1.165) is 22.4 Å². The molecule has 0 amide bonds. The Morgan fingerprint density at radius 2 is 2.13 bits per heavy atom. The number of hydrogen-bond donors (Lipinski definition) is 1. The van der Waals surface area contributed by atoms with Gasteiger partial charge >= 0.3 is 0 Å². The lowest BCUT2D eigenvalue weighted by molar-refractivity contribution is 0.799. The van der Waals surface area contributed by atoms with Gasteiger partial charge in [-0.2, -0.15) is 0 Å². The van der Waals surface area contributed by atoms with Crippen molar-refractivity contribution in [3.63, 3.8) is 0 Å². The first kappa shape index (κ1) is 12.3. The highest BCUT2D eigenvalue weighted by atomic mass is 35.5. The molecule has 0 aliphatic carbocycles. The van der Waals surface area contributed by atoms with Crippen LogP contribution in [-0.2, 0) is 5.88 Å². The van der Waals surface area contributed by atoms with E-state index >= 15 is 0 Å². The highest BCUT2D eigenvalue weighted by Gasteiger charge is 2.06. The van der Waals surface area contributed by atoms with Gasteiger partial charge in [-0.15, -0.1) is 24.0 Å². The zero-order valence-corrected chi connectivity index (χ0v) is 10.3. The maximum absolute atomic E-state index is 5.76. The van der Waals surface area contributed by atoms with Crippen LogP contribution >= 0.6 is 24.0 Å². The topological polar surface area (TPSA) is 28.7 Å². The third kappa shape index (κ3) is 2.44. The Kier molecular flexibility index (Phi) is 4.00. The summed E-state index contributed by atoms with van der Waals surface area (Å²) < 4.78 is 0. The number of nitrogens with zero attached hydrogens (tertiary/aromatic N) is 1. The summed E-state index contributed by atoms with van der Waals surface area (Å²) in [5.74, 6) is 2.01. The summed E-state index contributed by atoms with van der Waals surface area (Å²) in [4.78, 5) is 7.79. The summed E-state index contributed by atoms with van der Waals surface area (Å²) in [5.41, 5.74) is 3.22. The minimum absolute atomic E-state index is 0. The van der Waals surface area contributed by atoms with Gasteiger partial charge in [0.25, 0.3) is 0 Å². The van der Waals surface area contributed by atoms with E-state index in [1.54, 1.807) is 0 Å². The van der Waals surface area contributed by atoms with Crippen LogP contribution in [0.4, 0.5) is 0 Å². The number of fused-ring (bicyclic) bond motifs is 1. The molecular weight excluding hydrogens is 231 g/mol. The molecule has 2 rings (SSSR count). The van der Waals surface area contributed by atoms with Gasteiger partial charge < -0.3 is 4.98 Å². The highest BCUT2D eigenvalue weighted by Crippen LogP contribution is 2.18. The van der Waals surface area contributed by atoms with Gasteiger partial charge in [0.1, 0.15) is 5.82 Å². The summed E-state index contributed by atoms with van der Waals surface area (Å²) in [6.07, 6.45) is 0. The first-order valence-corrected chi connectivity index (χ1v) is 5.28. The minimum Gasteiger partial charge on any atom is -0.342 e. The number of benzene rings is 1. The minimum atomic E-state index is 0. The first-order valence-electron chi connectivity index (χ1n) is 4.75. The number of H-pyrrole nitrogens is 1. The molecule has 0 bridgehead atoms. The van der Waals surface area contributed by atoms with E-state index < -0.39 is 0 Å². The third-order valence-electron chi connectivity index (χ3n) is 2.27. The van der Waals surface area contributed by atoms with Crippen LogP contribution in [0.15, 0.2) is 18.2 Å². The van der Waals surface area contributed by atoms with Crippen LogP contribution in [0.3, 0.4) is 0 Å². The maximum atomic E-state index is 5.76. The van der Waals surface area contributed by atoms with Crippen LogP contribution in [0.2, 0.25) is 0 Å². The Morgan fingerprint density at radius 3 is 2.73 bits per heavy atom. The smallest absolute Gasteiger partial charge is 0.109 e. The Hall–Kier alpha value is -0.730. The number of aromatic amines is 1. The molecule has 2 nitrogen and oxygen atoms in total. The zero-order chi connectivity index (χ0) is 10.1. The van der Waals surface area contributed by atoms with Crippen molar-refractivity contribution in [2.24, 2.45) is 0 Å². The molecule has 82 valence electrons. The Morgan fingerprint density at radius 1 is 1.40 bits per heavy atom. The summed E-state index contributed by atoms with van der Waals surface area (Å²) in [6.45, 7) is 4.25. The fourth-order valence-electron chi connectivity index (χ4n) is 1.43. The van der Waals surface area contributed by atoms with Gasteiger partial charge in [0.2, 0.25) is 0 Å². The SMILES string of the molecule is CC(C)c1nc2ccc(CCl)cc2[nH]1.Cl. The number of imidazole rings is 1. The second-order valence-electron chi connectivity index (χ2n) is 3.76. The molecule has 1 aromatic carbocycles. The lowest BCUT2D eigenvalue weighted by Crippen LogP contribution is -1.88. The number of nitrogens with one attached hydrogen (secondary N) is 1. The lowest BCUT2D eigenvalue weighted by Gasteiger charge is -1.95. The van der Waals surface area contributed by atoms with Gasteiger partial charge in [0, 0.05) is 11.8 Å². The van der Waals surface area contributed by atoms with Crippen molar-refractivity contribution in [2.45, 2.75) is 25.6 Å². The molecule has 1 N–H and O–H groups in total. The summed E-state index contributed by atoms with van der Waals surface area (Å²) >= 11 is 5.76. The normalized spacial score (nSPS) is 10.7. The molecule has 1 aromatic heterocycles. The van der Waals surface area contributed by atoms with Crippen LogP contribution in [0.25, 0.3) is 11.0 Å². The fourth-order valence-corrected chi connectivity index (χ4v) is 1.60. The molecule has 0 fully saturated rings. The van der Waals surface area contributed by atoms with E-state index in [0.29, 0.717) is 11.8 Å². The molecule has 0 saturated heterocycles. The van der Waals surface area contributed by atoms with Crippen molar-refractivity contribution in [3.8, 4) is 0 Å². The largest absolute Gasteiger partial charge is 0.342 e. The Labute approximate surface area is 100 Å². The van der Waals surface area contributed by atoms with Gasteiger partial charge in [-0.25, -0.2) is 4.98 Å². The van der Waals surface area contributed by atoms with Gasteiger partial charge in [-0.05, 0) is 17.7 Å². The second kappa shape index (κ2) is 4.86. The van der Waals surface area contributed by atoms with Crippen molar-refractivity contribution >= 4 is 35.0 Å². The van der Waals surface area contributed by atoms with Crippen LogP contribution in [0.1, 0.15) is 31.2 Å². The third-order valence-corrected chi connectivity index (χ3v) is 2.57. The van der Waals surface area contributed by atoms with Crippen molar-refractivity contribution < 1.29 is 0 Å².